The number of ether oxygens (including phenoxy) is 3. The molecule has 1 aliphatic carbocycles. The van der Waals surface area contributed by atoms with Gasteiger partial charge in [-0.2, -0.15) is 9.61 Å². The second-order valence-corrected chi connectivity index (χ2v) is 10.9. The maximum atomic E-state index is 15.2. The first-order valence-electron chi connectivity index (χ1n) is 14.0. The Morgan fingerprint density at radius 3 is 2.59 bits per heavy atom. The Morgan fingerprint density at radius 2 is 1.85 bits per heavy atom. The number of halogens is 2. The lowest BCUT2D eigenvalue weighted by molar-refractivity contribution is 0.00984. The van der Waals surface area contributed by atoms with E-state index in [0.717, 1.165) is 24.1 Å². The van der Waals surface area contributed by atoms with Crippen molar-refractivity contribution in [2.75, 3.05) is 25.6 Å². The molecular weight excluding hydrogens is 530 g/mol. The summed E-state index contributed by atoms with van der Waals surface area (Å²) in [7, 11) is 1.71. The van der Waals surface area contributed by atoms with Crippen LogP contribution in [0.1, 0.15) is 44.1 Å². The summed E-state index contributed by atoms with van der Waals surface area (Å²) in [6.07, 6.45) is 8.10. The van der Waals surface area contributed by atoms with Crippen molar-refractivity contribution in [3.63, 3.8) is 0 Å². The topological polar surface area (TPSA) is 109 Å². The first kappa shape index (κ1) is 27.5. The van der Waals surface area contributed by atoms with Crippen LogP contribution in [0.4, 0.5) is 20.4 Å². The molecule has 4 atom stereocenters. The lowest BCUT2D eigenvalue weighted by atomic mass is 9.74. The quantitative estimate of drug-likeness (QED) is 0.314. The molecule has 0 spiro atoms. The van der Waals surface area contributed by atoms with E-state index in [2.05, 4.69) is 27.3 Å². The Morgan fingerprint density at radius 1 is 1.07 bits per heavy atom. The third-order valence-corrected chi connectivity index (χ3v) is 8.14. The molecule has 6 rings (SSSR count). The van der Waals surface area contributed by atoms with Gasteiger partial charge in [-0.1, -0.05) is 6.92 Å². The van der Waals surface area contributed by atoms with Crippen LogP contribution >= 0.6 is 0 Å². The van der Waals surface area contributed by atoms with Gasteiger partial charge in [-0.05, 0) is 48.4 Å². The maximum Gasteiger partial charge on any atom is 0.229 e. The predicted molar refractivity (Wildman–Crippen MR) is 150 cm³/mol. The lowest BCUT2D eigenvalue weighted by Crippen LogP contribution is -2.45. The van der Waals surface area contributed by atoms with Crippen LogP contribution in [0.5, 0.6) is 5.75 Å². The zero-order valence-electron chi connectivity index (χ0n) is 23.1. The molecule has 3 aromatic heterocycles. The maximum absolute atomic E-state index is 15.2. The molecule has 2 fully saturated rings. The summed E-state index contributed by atoms with van der Waals surface area (Å²) >= 11 is 0. The Hall–Kier alpha value is -3.67. The van der Waals surface area contributed by atoms with E-state index in [1.54, 1.807) is 37.8 Å². The molecule has 9 nitrogen and oxygen atoms in total. The average molecular weight is 565 g/mol. The SMILES string of the molecule is CO[C@H]1[C@H](N)C[C@H](c2ccncc2Nc2ncc3ccc(-c4c(F)cc(OC5CCOCC5)cc4F)nn23)C[C@@H]1C. The summed E-state index contributed by atoms with van der Waals surface area (Å²) in [5, 5.41) is 7.90. The highest BCUT2D eigenvalue weighted by atomic mass is 19.1. The monoisotopic (exact) mass is 564 g/mol. The van der Waals surface area contributed by atoms with Gasteiger partial charge in [-0.3, -0.25) is 4.98 Å². The van der Waals surface area contributed by atoms with Gasteiger partial charge in [0.25, 0.3) is 0 Å². The molecule has 3 N–H and O–H groups in total. The van der Waals surface area contributed by atoms with E-state index in [4.69, 9.17) is 19.9 Å². The number of rotatable bonds is 7. The van der Waals surface area contributed by atoms with Crippen molar-refractivity contribution in [1.82, 2.24) is 19.6 Å². The number of benzene rings is 1. The minimum atomic E-state index is -0.750. The molecule has 0 radical (unpaired) electrons. The zero-order chi connectivity index (χ0) is 28.5. The standard InChI is InChI=1S/C30H34F2N6O3/c1-17-11-18(12-25(33)29(17)39-2)22-5-8-34-16-27(22)36-30-35-15-19-3-4-26(37-38(19)30)28-23(31)13-21(14-24(28)32)41-20-6-9-40-10-7-20/h3-5,8,13-18,20,25,29H,6-7,9-12,33H2,1-2H3,(H,35,36)/t17-,18+,25+,29+/m0/s1. The van der Waals surface area contributed by atoms with Crippen LogP contribution in [0.15, 0.2) is 48.9 Å². The summed E-state index contributed by atoms with van der Waals surface area (Å²) in [5.74, 6) is -0.444. The van der Waals surface area contributed by atoms with Crippen LogP contribution in [0, 0.1) is 17.6 Å². The highest BCUT2D eigenvalue weighted by Crippen LogP contribution is 2.40. The van der Waals surface area contributed by atoms with E-state index in [9.17, 15) is 0 Å². The number of pyridine rings is 1. The normalized spacial score (nSPS) is 23.5. The van der Waals surface area contributed by atoms with Crippen molar-refractivity contribution in [3.8, 4) is 17.0 Å². The predicted octanol–water partition coefficient (Wildman–Crippen LogP) is 5.23. The third-order valence-electron chi connectivity index (χ3n) is 8.14. The summed E-state index contributed by atoms with van der Waals surface area (Å²) in [6.45, 7) is 3.30. The molecule has 0 bridgehead atoms. The molecule has 1 aliphatic heterocycles. The van der Waals surface area contributed by atoms with Gasteiger partial charge in [0, 0.05) is 44.3 Å². The number of hydrogen-bond acceptors (Lipinski definition) is 8. The molecule has 0 amide bonds. The van der Waals surface area contributed by atoms with Crippen LogP contribution in [0.2, 0.25) is 0 Å². The molecule has 1 saturated carbocycles. The zero-order valence-corrected chi connectivity index (χ0v) is 23.1. The molecule has 216 valence electrons. The minimum Gasteiger partial charge on any atom is -0.490 e. The number of anilines is 2. The van der Waals surface area contributed by atoms with E-state index in [-0.39, 0.29) is 41.2 Å². The van der Waals surface area contributed by atoms with Gasteiger partial charge >= 0.3 is 0 Å². The van der Waals surface area contributed by atoms with E-state index in [1.165, 1.54) is 16.6 Å². The second-order valence-electron chi connectivity index (χ2n) is 10.9. The summed E-state index contributed by atoms with van der Waals surface area (Å²) < 4.78 is 48.8. The molecule has 1 aromatic carbocycles. The Kier molecular flexibility index (Phi) is 7.83. The number of imidazole rings is 1. The van der Waals surface area contributed by atoms with Gasteiger partial charge < -0.3 is 25.3 Å². The average Bonchev–Trinajstić information content (AvgIpc) is 3.35. The van der Waals surface area contributed by atoms with Crippen molar-refractivity contribution in [2.24, 2.45) is 11.7 Å². The number of aromatic nitrogens is 4. The van der Waals surface area contributed by atoms with Crippen molar-refractivity contribution < 1.29 is 23.0 Å². The third kappa shape index (κ3) is 5.61. The van der Waals surface area contributed by atoms with E-state index < -0.39 is 11.6 Å². The van der Waals surface area contributed by atoms with Gasteiger partial charge in [-0.25, -0.2) is 13.8 Å². The Bertz CT molecular complexity index is 1490. The molecular formula is C30H34F2N6O3. The van der Waals surface area contributed by atoms with E-state index in [0.29, 0.717) is 43.4 Å². The highest BCUT2D eigenvalue weighted by Gasteiger charge is 2.35. The summed E-state index contributed by atoms with van der Waals surface area (Å²) in [6, 6.07) is 7.63. The highest BCUT2D eigenvalue weighted by molar-refractivity contribution is 5.66. The number of methoxy groups -OCH3 is 1. The fraction of sp³-hybridized carbons (Fsp3) is 0.433. The van der Waals surface area contributed by atoms with Gasteiger partial charge in [-0.15, -0.1) is 0 Å². The van der Waals surface area contributed by atoms with Crippen molar-refractivity contribution in [3.05, 3.63) is 66.1 Å². The van der Waals surface area contributed by atoms with Gasteiger partial charge in [0.1, 0.15) is 23.5 Å². The van der Waals surface area contributed by atoms with Crippen molar-refractivity contribution >= 4 is 17.2 Å². The first-order chi connectivity index (χ1) is 19.9. The smallest absolute Gasteiger partial charge is 0.229 e. The van der Waals surface area contributed by atoms with Crippen LogP contribution in [0.3, 0.4) is 0 Å². The van der Waals surface area contributed by atoms with Gasteiger partial charge in [0.05, 0.1) is 54.2 Å². The number of fused-ring (bicyclic) bond motifs is 1. The number of nitrogens with one attached hydrogen (secondary N) is 1. The second kappa shape index (κ2) is 11.7. The van der Waals surface area contributed by atoms with E-state index in [1.807, 2.05) is 6.07 Å². The van der Waals surface area contributed by atoms with Crippen LogP contribution in [-0.4, -0.2) is 58.2 Å². The molecule has 2 aliphatic rings. The molecule has 4 aromatic rings. The fourth-order valence-electron chi connectivity index (χ4n) is 6.16. The summed E-state index contributed by atoms with van der Waals surface area (Å²) in [4.78, 5) is 8.80. The minimum absolute atomic E-state index is 0.0200. The van der Waals surface area contributed by atoms with Crippen molar-refractivity contribution in [1.29, 1.82) is 0 Å². The van der Waals surface area contributed by atoms with Crippen LogP contribution in [0.25, 0.3) is 16.8 Å². The van der Waals surface area contributed by atoms with Gasteiger partial charge in [0.2, 0.25) is 5.95 Å². The largest absolute Gasteiger partial charge is 0.490 e. The molecule has 0 unspecified atom stereocenters. The Labute approximate surface area is 237 Å². The van der Waals surface area contributed by atoms with Crippen LogP contribution in [-0.2, 0) is 9.47 Å². The van der Waals surface area contributed by atoms with Crippen LogP contribution < -0.4 is 15.8 Å². The fourth-order valence-corrected chi connectivity index (χ4v) is 6.16. The molecule has 11 heteroatoms. The number of nitrogens with zero attached hydrogens (tertiary/aromatic N) is 4. The number of nitrogens with two attached hydrogens (primary N) is 1. The van der Waals surface area contributed by atoms with Gasteiger partial charge in [0.15, 0.2) is 0 Å². The summed E-state index contributed by atoms with van der Waals surface area (Å²) in [5.41, 5.74) is 8.88. The lowest BCUT2D eigenvalue weighted by Gasteiger charge is -2.38. The van der Waals surface area contributed by atoms with E-state index >= 15 is 8.78 Å². The Balaban J connectivity index is 1.28. The molecule has 4 heterocycles. The molecule has 1 saturated heterocycles. The van der Waals surface area contributed by atoms with Crippen molar-refractivity contribution in [2.45, 2.75) is 56.8 Å². The number of hydrogen-bond donors (Lipinski definition) is 2. The first-order valence-corrected chi connectivity index (χ1v) is 14.0. The molecule has 41 heavy (non-hydrogen) atoms.